The second kappa shape index (κ2) is 4.55. The lowest BCUT2D eigenvalue weighted by Crippen LogP contribution is -2.45. The first kappa shape index (κ1) is 11.6. The van der Waals surface area contributed by atoms with Crippen molar-refractivity contribution in [3.8, 4) is 0 Å². The number of nitrogens with two attached hydrogens (primary N) is 1. The van der Waals surface area contributed by atoms with Crippen molar-refractivity contribution in [3.05, 3.63) is 17.0 Å². The highest BCUT2D eigenvalue weighted by atomic mass is 16.5. The molecule has 2 atom stereocenters. The van der Waals surface area contributed by atoms with Crippen LogP contribution in [0.1, 0.15) is 36.8 Å². The van der Waals surface area contributed by atoms with Crippen LogP contribution in [0.4, 0.5) is 0 Å². The molecule has 0 aromatic carbocycles. The monoisotopic (exact) mass is 223 g/mol. The molecule has 2 N–H and O–H groups in total. The smallest absolute Gasteiger partial charge is 0.138 e. The molecule has 1 aromatic rings. The molecule has 16 heavy (non-hydrogen) atoms. The van der Waals surface area contributed by atoms with Gasteiger partial charge in [-0.05, 0) is 33.6 Å². The standard InChI is InChI=1S/C12H21N3O/c1-8-6-11(13)4-5-15(8)7-12-9(2)14-16-10(12)3/h8,11H,4-7,13H2,1-3H3. The summed E-state index contributed by atoms with van der Waals surface area (Å²) in [6, 6.07) is 0.924. The van der Waals surface area contributed by atoms with E-state index in [4.69, 9.17) is 10.3 Å². The lowest BCUT2D eigenvalue weighted by atomic mass is 9.98. The quantitative estimate of drug-likeness (QED) is 0.827. The van der Waals surface area contributed by atoms with Gasteiger partial charge in [-0.1, -0.05) is 5.16 Å². The van der Waals surface area contributed by atoms with Crippen LogP contribution in [0.3, 0.4) is 0 Å². The summed E-state index contributed by atoms with van der Waals surface area (Å²) in [5, 5.41) is 4.00. The summed E-state index contributed by atoms with van der Waals surface area (Å²) in [6.45, 7) is 8.25. The number of piperidine rings is 1. The molecular weight excluding hydrogens is 202 g/mol. The van der Waals surface area contributed by atoms with Gasteiger partial charge in [-0.2, -0.15) is 0 Å². The van der Waals surface area contributed by atoms with Crippen LogP contribution in [-0.2, 0) is 6.54 Å². The average Bonchev–Trinajstić information content (AvgIpc) is 2.53. The maximum absolute atomic E-state index is 5.96. The molecule has 0 spiro atoms. The Hall–Kier alpha value is -0.870. The summed E-state index contributed by atoms with van der Waals surface area (Å²) in [5.74, 6) is 0.944. The van der Waals surface area contributed by atoms with Crippen LogP contribution < -0.4 is 5.73 Å². The maximum atomic E-state index is 5.96. The molecule has 1 aromatic heterocycles. The molecular formula is C12H21N3O. The molecule has 1 aliphatic heterocycles. The minimum Gasteiger partial charge on any atom is -0.361 e. The molecule has 2 unspecified atom stereocenters. The van der Waals surface area contributed by atoms with Crippen LogP contribution in [0.15, 0.2) is 4.52 Å². The highest BCUT2D eigenvalue weighted by Crippen LogP contribution is 2.21. The van der Waals surface area contributed by atoms with Crippen LogP contribution in [0.5, 0.6) is 0 Å². The Kier molecular flexibility index (Phi) is 3.30. The predicted molar refractivity (Wildman–Crippen MR) is 63.1 cm³/mol. The van der Waals surface area contributed by atoms with Gasteiger partial charge in [-0.15, -0.1) is 0 Å². The van der Waals surface area contributed by atoms with Crippen molar-refractivity contribution in [1.82, 2.24) is 10.1 Å². The summed E-state index contributed by atoms with van der Waals surface area (Å²) in [5.41, 5.74) is 8.21. The third kappa shape index (κ3) is 2.28. The van der Waals surface area contributed by atoms with E-state index >= 15 is 0 Å². The molecule has 0 radical (unpaired) electrons. The molecule has 1 saturated heterocycles. The lowest BCUT2D eigenvalue weighted by Gasteiger charge is -2.36. The number of aryl methyl sites for hydroxylation is 2. The zero-order chi connectivity index (χ0) is 11.7. The van der Waals surface area contributed by atoms with E-state index in [1.165, 1.54) is 5.56 Å². The van der Waals surface area contributed by atoms with Crippen molar-refractivity contribution < 1.29 is 4.52 Å². The third-order valence-corrected chi connectivity index (χ3v) is 3.60. The summed E-state index contributed by atoms with van der Waals surface area (Å²) in [4.78, 5) is 2.47. The Morgan fingerprint density at radius 2 is 2.25 bits per heavy atom. The highest BCUT2D eigenvalue weighted by molar-refractivity contribution is 5.20. The van der Waals surface area contributed by atoms with Gasteiger partial charge in [0.2, 0.25) is 0 Å². The molecule has 4 heteroatoms. The van der Waals surface area contributed by atoms with E-state index < -0.39 is 0 Å². The van der Waals surface area contributed by atoms with Crippen LogP contribution in [0, 0.1) is 13.8 Å². The second-order valence-electron chi connectivity index (χ2n) is 4.91. The minimum absolute atomic E-state index is 0.371. The van der Waals surface area contributed by atoms with Crippen molar-refractivity contribution in [2.75, 3.05) is 6.54 Å². The molecule has 0 bridgehead atoms. The number of likely N-dealkylation sites (tertiary alicyclic amines) is 1. The normalized spacial score (nSPS) is 27.2. The second-order valence-corrected chi connectivity index (χ2v) is 4.91. The van der Waals surface area contributed by atoms with E-state index in [1.807, 2.05) is 13.8 Å². The minimum atomic E-state index is 0.371. The Morgan fingerprint density at radius 1 is 1.50 bits per heavy atom. The summed E-state index contributed by atoms with van der Waals surface area (Å²) in [6.07, 6.45) is 2.18. The molecule has 2 heterocycles. The average molecular weight is 223 g/mol. The number of rotatable bonds is 2. The van der Waals surface area contributed by atoms with Crippen LogP contribution in [0.2, 0.25) is 0 Å². The van der Waals surface area contributed by atoms with E-state index in [1.54, 1.807) is 0 Å². The fraction of sp³-hybridized carbons (Fsp3) is 0.750. The molecule has 0 saturated carbocycles. The van der Waals surface area contributed by atoms with Crippen molar-refractivity contribution in [1.29, 1.82) is 0 Å². The van der Waals surface area contributed by atoms with Gasteiger partial charge in [0.05, 0.1) is 5.69 Å². The summed E-state index contributed by atoms with van der Waals surface area (Å²) >= 11 is 0. The van der Waals surface area contributed by atoms with Crippen LogP contribution in [0.25, 0.3) is 0 Å². The van der Waals surface area contributed by atoms with Gasteiger partial charge in [-0.25, -0.2) is 0 Å². The number of hydrogen-bond acceptors (Lipinski definition) is 4. The fourth-order valence-electron chi connectivity index (χ4n) is 2.42. The molecule has 0 amide bonds. The van der Waals surface area contributed by atoms with Crippen molar-refractivity contribution in [2.24, 2.45) is 5.73 Å². The van der Waals surface area contributed by atoms with Gasteiger partial charge in [0, 0.05) is 30.7 Å². The van der Waals surface area contributed by atoms with Gasteiger partial charge >= 0.3 is 0 Å². The lowest BCUT2D eigenvalue weighted by molar-refractivity contribution is 0.139. The fourth-order valence-corrected chi connectivity index (χ4v) is 2.42. The molecule has 90 valence electrons. The molecule has 0 aliphatic carbocycles. The Bertz CT molecular complexity index is 342. The molecule has 1 fully saturated rings. The number of hydrogen-bond donors (Lipinski definition) is 1. The Morgan fingerprint density at radius 3 is 2.81 bits per heavy atom. The molecule has 2 rings (SSSR count). The van der Waals surface area contributed by atoms with Gasteiger partial charge in [0.15, 0.2) is 0 Å². The third-order valence-electron chi connectivity index (χ3n) is 3.60. The number of nitrogens with zero attached hydrogens (tertiary/aromatic N) is 2. The van der Waals surface area contributed by atoms with Gasteiger partial charge in [-0.3, -0.25) is 4.90 Å². The number of aromatic nitrogens is 1. The van der Waals surface area contributed by atoms with Gasteiger partial charge < -0.3 is 10.3 Å². The zero-order valence-corrected chi connectivity index (χ0v) is 10.4. The van der Waals surface area contributed by atoms with E-state index in [0.717, 1.165) is 37.4 Å². The first-order valence-electron chi connectivity index (χ1n) is 5.99. The summed E-state index contributed by atoms with van der Waals surface area (Å²) < 4.78 is 5.19. The largest absolute Gasteiger partial charge is 0.361 e. The van der Waals surface area contributed by atoms with Crippen LogP contribution >= 0.6 is 0 Å². The predicted octanol–water partition coefficient (Wildman–Crippen LogP) is 1.60. The SMILES string of the molecule is Cc1noc(C)c1CN1CCC(N)CC1C. The van der Waals surface area contributed by atoms with Crippen molar-refractivity contribution >= 4 is 0 Å². The van der Waals surface area contributed by atoms with Crippen molar-refractivity contribution in [3.63, 3.8) is 0 Å². The van der Waals surface area contributed by atoms with E-state index in [9.17, 15) is 0 Å². The zero-order valence-electron chi connectivity index (χ0n) is 10.4. The Balaban J connectivity index is 2.05. The maximum Gasteiger partial charge on any atom is 0.138 e. The van der Waals surface area contributed by atoms with Gasteiger partial charge in [0.25, 0.3) is 0 Å². The van der Waals surface area contributed by atoms with E-state index in [0.29, 0.717) is 12.1 Å². The molecule has 1 aliphatic rings. The first-order valence-corrected chi connectivity index (χ1v) is 5.99. The van der Waals surface area contributed by atoms with Crippen molar-refractivity contribution in [2.45, 2.75) is 52.2 Å². The van der Waals surface area contributed by atoms with E-state index in [-0.39, 0.29) is 0 Å². The first-order chi connectivity index (χ1) is 7.58. The van der Waals surface area contributed by atoms with Gasteiger partial charge in [0.1, 0.15) is 5.76 Å². The molecule has 4 nitrogen and oxygen atoms in total. The topological polar surface area (TPSA) is 55.3 Å². The Labute approximate surface area is 96.8 Å². The van der Waals surface area contributed by atoms with Crippen LogP contribution in [-0.4, -0.2) is 28.7 Å². The summed E-state index contributed by atoms with van der Waals surface area (Å²) in [7, 11) is 0. The van der Waals surface area contributed by atoms with E-state index in [2.05, 4.69) is 17.0 Å². The highest BCUT2D eigenvalue weighted by Gasteiger charge is 2.24.